The average Bonchev–Trinajstić information content (AvgIpc) is 2.39. The Balaban J connectivity index is 2.85. The molecule has 0 aliphatic carbocycles. The monoisotopic (exact) mass is 307 g/mol. The number of halogens is 1. The Bertz CT molecular complexity index is 564. The highest BCUT2D eigenvalue weighted by molar-refractivity contribution is 6.32. The molecule has 0 aliphatic rings. The van der Waals surface area contributed by atoms with E-state index in [1.807, 2.05) is 6.92 Å². The molecule has 1 atom stereocenters. The zero-order valence-corrected chi connectivity index (χ0v) is 13.7. The fraction of sp³-hybridized carbons (Fsp3) is 0.471. The number of hydrogen-bond donors (Lipinski definition) is 2. The van der Waals surface area contributed by atoms with Crippen molar-refractivity contribution in [2.24, 2.45) is 5.41 Å². The number of rotatable bonds is 3. The molecule has 0 saturated carbocycles. The fourth-order valence-electron chi connectivity index (χ4n) is 1.47. The largest absolute Gasteiger partial charge is 0.395 e. The molecule has 0 spiro atoms. The number of aliphatic hydroxyl groups excluding tert-OH is 1. The molecule has 0 bridgehead atoms. The molecule has 2 N–H and O–H groups in total. The minimum atomic E-state index is -0.144. The van der Waals surface area contributed by atoms with Crippen LogP contribution in [-0.4, -0.2) is 23.7 Å². The molecule has 0 aromatic heterocycles. The lowest BCUT2D eigenvalue weighted by molar-refractivity contribution is 0.0910. The molecular weight excluding hydrogens is 286 g/mol. The molecule has 1 amide bonds. The number of carbonyl (C=O) groups excluding carboxylic acids is 1. The maximum Gasteiger partial charge on any atom is 0.251 e. The summed E-state index contributed by atoms with van der Waals surface area (Å²) in [4.78, 5) is 12.2. The first-order valence-electron chi connectivity index (χ1n) is 6.96. The molecule has 1 aromatic carbocycles. The Kier molecular flexibility index (Phi) is 6.26. The standard InChI is InChI=1S/C17H22ClNO2/c1-12(17(2,3)4)19-16(21)14-9-8-13(15(18)11-14)7-5-6-10-20/h8-9,11-12,20H,6,10H2,1-4H3,(H,19,21). The van der Waals surface area contributed by atoms with Crippen LogP contribution in [0.2, 0.25) is 5.02 Å². The molecular formula is C17H22ClNO2. The molecule has 0 aliphatic heterocycles. The first-order valence-corrected chi connectivity index (χ1v) is 7.33. The van der Waals surface area contributed by atoms with E-state index in [2.05, 4.69) is 37.9 Å². The summed E-state index contributed by atoms with van der Waals surface area (Å²) in [6.07, 6.45) is 0.404. The molecule has 1 aromatic rings. The number of hydrogen-bond acceptors (Lipinski definition) is 2. The van der Waals surface area contributed by atoms with Crippen molar-refractivity contribution in [3.63, 3.8) is 0 Å². The van der Waals surface area contributed by atoms with E-state index in [1.54, 1.807) is 18.2 Å². The smallest absolute Gasteiger partial charge is 0.251 e. The van der Waals surface area contributed by atoms with Gasteiger partial charge in [-0.1, -0.05) is 44.2 Å². The molecule has 4 heteroatoms. The predicted molar refractivity (Wildman–Crippen MR) is 86.4 cm³/mol. The van der Waals surface area contributed by atoms with Crippen molar-refractivity contribution in [1.29, 1.82) is 0 Å². The molecule has 1 unspecified atom stereocenters. The zero-order valence-electron chi connectivity index (χ0n) is 13.0. The summed E-state index contributed by atoms with van der Waals surface area (Å²) in [5, 5.41) is 12.1. The first-order chi connectivity index (χ1) is 9.75. The topological polar surface area (TPSA) is 49.3 Å². The van der Waals surface area contributed by atoms with E-state index in [-0.39, 0.29) is 24.0 Å². The van der Waals surface area contributed by atoms with E-state index >= 15 is 0 Å². The highest BCUT2D eigenvalue weighted by Gasteiger charge is 2.22. The van der Waals surface area contributed by atoms with Crippen LogP contribution in [0.15, 0.2) is 18.2 Å². The normalized spacial score (nSPS) is 12.3. The number of nitrogens with one attached hydrogen (secondary N) is 1. The summed E-state index contributed by atoms with van der Waals surface area (Å²) in [5.74, 6) is 5.54. The SMILES string of the molecule is CC(NC(=O)c1ccc(C#CCCO)c(Cl)c1)C(C)(C)C. The maximum absolute atomic E-state index is 12.2. The third kappa shape index (κ3) is 5.41. The van der Waals surface area contributed by atoms with Crippen LogP contribution in [0.1, 0.15) is 50.0 Å². The maximum atomic E-state index is 12.2. The third-order valence-corrected chi connectivity index (χ3v) is 3.65. The number of amides is 1. The van der Waals surface area contributed by atoms with Gasteiger partial charge in [0.05, 0.1) is 11.6 Å². The van der Waals surface area contributed by atoms with Gasteiger partial charge in [-0.2, -0.15) is 0 Å². The van der Waals surface area contributed by atoms with Crippen LogP contribution in [0.25, 0.3) is 0 Å². The van der Waals surface area contributed by atoms with Gasteiger partial charge in [-0.05, 0) is 30.5 Å². The van der Waals surface area contributed by atoms with Crippen molar-refractivity contribution in [3.8, 4) is 11.8 Å². The molecule has 0 fully saturated rings. The van der Waals surface area contributed by atoms with Crippen LogP contribution in [-0.2, 0) is 0 Å². The van der Waals surface area contributed by atoms with E-state index in [4.69, 9.17) is 16.7 Å². The lowest BCUT2D eigenvalue weighted by Crippen LogP contribution is -2.41. The van der Waals surface area contributed by atoms with Gasteiger partial charge in [-0.25, -0.2) is 0 Å². The lowest BCUT2D eigenvalue weighted by Gasteiger charge is -2.28. The van der Waals surface area contributed by atoms with Gasteiger partial charge in [0.2, 0.25) is 0 Å². The summed E-state index contributed by atoms with van der Waals surface area (Å²) in [6.45, 7) is 8.23. The minimum Gasteiger partial charge on any atom is -0.395 e. The van der Waals surface area contributed by atoms with Crippen molar-refractivity contribution < 1.29 is 9.90 Å². The predicted octanol–water partition coefficient (Wildman–Crippen LogP) is 3.24. The Morgan fingerprint density at radius 2 is 2.10 bits per heavy atom. The van der Waals surface area contributed by atoms with E-state index in [9.17, 15) is 4.79 Å². The lowest BCUT2D eigenvalue weighted by atomic mass is 9.88. The average molecular weight is 308 g/mol. The van der Waals surface area contributed by atoms with Crippen LogP contribution < -0.4 is 5.32 Å². The summed E-state index contributed by atoms with van der Waals surface area (Å²) >= 11 is 6.13. The summed E-state index contributed by atoms with van der Waals surface area (Å²) in [7, 11) is 0. The molecule has 21 heavy (non-hydrogen) atoms. The van der Waals surface area contributed by atoms with E-state index in [0.29, 0.717) is 22.6 Å². The van der Waals surface area contributed by atoms with Crippen molar-refractivity contribution in [2.75, 3.05) is 6.61 Å². The van der Waals surface area contributed by atoms with Crippen molar-refractivity contribution >= 4 is 17.5 Å². The van der Waals surface area contributed by atoms with Crippen LogP contribution in [0.4, 0.5) is 0 Å². The fourth-order valence-corrected chi connectivity index (χ4v) is 1.70. The Morgan fingerprint density at radius 1 is 1.43 bits per heavy atom. The molecule has 0 radical (unpaired) electrons. The summed E-state index contributed by atoms with van der Waals surface area (Å²) in [6, 6.07) is 5.10. The highest BCUT2D eigenvalue weighted by atomic mass is 35.5. The van der Waals surface area contributed by atoms with Gasteiger partial charge in [0.1, 0.15) is 0 Å². The molecule has 3 nitrogen and oxygen atoms in total. The summed E-state index contributed by atoms with van der Waals surface area (Å²) < 4.78 is 0. The Morgan fingerprint density at radius 3 is 2.62 bits per heavy atom. The second-order valence-electron chi connectivity index (χ2n) is 6.03. The quantitative estimate of drug-likeness (QED) is 0.842. The second-order valence-corrected chi connectivity index (χ2v) is 6.44. The highest BCUT2D eigenvalue weighted by Crippen LogP contribution is 2.20. The van der Waals surface area contributed by atoms with Crippen LogP contribution in [0.3, 0.4) is 0 Å². The van der Waals surface area contributed by atoms with Gasteiger partial charge in [0.15, 0.2) is 0 Å². The molecule has 0 heterocycles. The van der Waals surface area contributed by atoms with Crippen LogP contribution in [0, 0.1) is 17.3 Å². The van der Waals surface area contributed by atoms with Crippen molar-refractivity contribution in [1.82, 2.24) is 5.32 Å². The van der Waals surface area contributed by atoms with Gasteiger partial charge in [-0.15, -0.1) is 0 Å². The van der Waals surface area contributed by atoms with E-state index in [1.165, 1.54) is 0 Å². The number of carbonyl (C=O) groups is 1. The van der Waals surface area contributed by atoms with E-state index < -0.39 is 0 Å². The number of aliphatic hydroxyl groups is 1. The van der Waals surface area contributed by atoms with Gasteiger partial charge >= 0.3 is 0 Å². The first kappa shape index (κ1) is 17.6. The van der Waals surface area contributed by atoms with Gasteiger partial charge in [-0.3, -0.25) is 4.79 Å². The van der Waals surface area contributed by atoms with Crippen LogP contribution >= 0.6 is 11.6 Å². The molecule has 114 valence electrons. The van der Waals surface area contributed by atoms with Crippen molar-refractivity contribution in [2.45, 2.75) is 40.2 Å². The summed E-state index contributed by atoms with van der Waals surface area (Å²) in [5.41, 5.74) is 1.17. The number of benzene rings is 1. The van der Waals surface area contributed by atoms with E-state index in [0.717, 1.165) is 0 Å². The van der Waals surface area contributed by atoms with Crippen molar-refractivity contribution in [3.05, 3.63) is 34.3 Å². The Hall–Kier alpha value is -1.50. The molecule has 1 rings (SSSR count). The Labute approximate surface area is 131 Å². The minimum absolute atomic E-state index is 0.00480. The van der Waals surface area contributed by atoms with Crippen LogP contribution in [0.5, 0.6) is 0 Å². The van der Waals surface area contributed by atoms with Gasteiger partial charge in [0.25, 0.3) is 5.91 Å². The third-order valence-electron chi connectivity index (χ3n) is 3.34. The second kappa shape index (κ2) is 7.49. The van der Waals surface area contributed by atoms with Gasteiger partial charge in [0, 0.05) is 23.6 Å². The van der Waals surface area contributed by atoms with Gasteiger partial charge < -0.3 is 10.4 Å². The zero-order chi connectivity index (χ0) is 16.0. The molecule has 0 saturated heterocycles.